The lowest BCUT2D eigenvalue weighted by Crippen LogP contribution is -2.46. The molecule has 6 rings (SSSR count). The topological polar surface area (TPSA) is 69.7 Å². The summed E-state index contributed by atoms with van der Waals surface area (Å²) < 4.78 is 12.1. The highest BCUT2D eigenvalue weighted by Crippen LogP contribution is 2.77. The van der Waals surface area contributed by atoms with E-state index >= 15 is 0 Å². The van der Waals surface area contributed by atoms with Gasteiger partial charge in [0.2, 0.25) is 0 Å². The van der Waals surface area contributed by atoms with Crippen molar-refractivity contribution >= 4 is 17.7 Å². The Hall–Kier alpha value is -2.95. The standard InChI is InChI=1S/C26H24O5/c27-18-12-11-17-19(18)21-23(31-25(29)16-9-5-2-6-10-16)22(20(17)26(21)13-14-26)30-24(28)15-7-3-1-4-8-15/h1-10,17,19-23H,11-14H2. The first kappa shape index (κ1) is 18.8. The van der Waals surface area contributed by atoms with Gasteiger partial charge in [-0.15, -0.1) is 0 Å². The van der Waals surface area contributed by atoms with E-state index in [1.54, 1.807) is 48.5 Å². The van der Waals surface area contributed by atoms with Crippen LogP contribution in [-0.2, 0) is 14.3 Å². The molecule has 0 amide bonds. The minimum Gasteiger partial charge on any atom is -0.454 e. The number of benzene rings is 2. The molecule has 6 unspecified atom stereocenters. The zero-order chi connectivity index (χ0) is 21.2. The first-order chi connectivity index (χ1) is 15.1. The molecule has 0 heterocycles. The molecule has 158 valence electrons. The molecule has 6 atom stereocenters. The Morgan fingerprint density at radius 2 is 1.29 bits per heavy atom. The maximum Gasteiger partial charge on any atom is 0.338 e. The van der Waals surface area contributed by atoms with Crippen LogP contribution in [0, 0.1) is 29.1 Å². The molecular formula is C26H24O5. The van der Waals surface area contributed by atoms with Crippen LogP contribution in [0.2, 0.25) is 0 Å². The van der Waals surface area contributed by atoms with Crippen molar-refractivity contribution in [2.24, 2.45) is 29.1 Å². The molecule has 0 radical (unpaired) electrons. The maximum absolute atomic E-state index is 12.9. The van der Waals surface area contributed by atoms with Crippen LogP contribution in [-0.4, -0.2) is 29.9 Å². The summed E-state index contributed by atoms with van der Waals surface area (Å²) in [7, 11) is 0. The van der Waals surface area contributed by atoms with Gasteiger partial charge in [-0.3, -0.25) is 4.79 Å². The van der Waals surface area contributed by atoms with Crippen molar-refractivity contribution in [1.29, 1.82) is 0 Å². The van der Waals surface area contributed by atoms with E-state index < -0.39 is 24.1 Å². The van der Waals surface area contributed by atoms with Gasteiger partial charge < -0.3 is 9.47 Å². The van der Waals surface area contributed by atoms with Gasteiger partial charge in [-0.2, -0.15) is 0 Å². The van der Waals surface area contributed by atoms with Gasteiger partial charge in [-0.1, -0.05) is 36.4 Å². The molecule has 2 bridgehead atoms. The molecule has 4 fully saturated rings. The molecule has 5 nitrogen and oxygen atoms in total. The number of ether oxygens (including phenoxy) is 2. The normalized spacial score (nSPS) is 33.9. The molecule has 1 spiro atoms. The van der Waals surface area contributed by atoms with Crippen LogP contribution < -0.4 is 0 Å². The SMILES string of the molecule is O=C(OC1C(OC(=O)c2ccccc2)C2C3C(=O)CCC3C1C21CC1)c1ccccc1. The summed E-state index contributed by atoms with van der Waals surface area (Å²) >= 11 is 0. The van der Waals surface area contributed by atoms with E-state index in [0.29, 0.717) is 17.5 Å². The molecular weight excluding hydrogens is 392 g/mol. The Morgan fingerprint density at radius 3 is 1.81 bits per heavy atom. The first-order valence-electron chi connectivity index (χ1n) is 11.1. The summed E-state index contributed by atoms with van der Waals surface area (Å²) in [4.78, 5) is 38.6. The minimum atomic E-state index is -0.573. The summed E-state index contributed by atoms with van der Waals surface area (Å²) in [6, 6.07) is 17.8. The Morgan fingerprint density at radius 1 is 0.774 bits per heavy atom. The number of carbonyl (C=O) groups excluding carboxylic acids is 3. The lowest BCUT2D eigenvalue weighted by atomic mass is 9.78. The van der Waals surface area contributed by atoms with E-state index in [2.05, 4.69) is 0 Å². The number of ketones is 1. The monoisotopic (exact) mass is 416 g/mol. The molecule has 4 aliphatic carbocycles. The Kier molecular flexibility index (Phi) is 4.11. The Bertz CT molecular complexity index is 1040. The minimum absolute atomic E-state index is 0.0192. The summed E-state index contributed by atoms with van der Waals surface area (Å²) in [5, 5.41) is 0. The van der Waals surface area contributed by atoms with Gasteiger partial charge in [0.05, 0.1) is 11.1 Å². The highest BCUT2D eigenvalue weighted by Gasteiger charge is 2.79. The van der Waals surface area contributed by atoms with Gasteiger partial charge in [-0.05, 0) is 54.9 Å². The summed E-state index contributed by atoms with van der Waals surface area (Å²) in [5.74, 6) is -0.299. The first-order valence-corrected chi connectivity index (χ1v) is 11.1. The van der Waals surface area contributed by atoms with Crippen molar-refractivity contribution in [3.63, 3.8) is 0 Å². The fraction of sp³-hybridized carbons (Fsp3) is 0.423. The molecule has 4 aliphatic rings. The molecule has 2 aromatic carbocycles. The second kappa shape index (κ2) is 6.78. The smallest absolute Gasteiger partial charge is 0.338 e. The van der Waals surface area contributed by atoms with Crippen molar-refractivity contribution in [3.05, 3.63) is 71.8 Å². The quantitative estimate of drug-likeness (QED) is 0.703. The van der Waals surface area contributed by atoms with E-state index in [1.165, 1.54) is 0 Å². The Balaban J connectivity index is 1.34. The molecule has 2 aromatic rings. The zero-order valence-electron chi connectivity index (χ0n) is 17.1. The van der Waals surface area contributed by atoms with E-state index in [9.17, 15) is 14.4 Å². The average Bonchev–Trinajstić information content (AvgIpc) is 3.36. The number of carbonyl (C=O) groups is 3. The van der Waals surface area contributed by atoms with Crippen LogP contribution >= 0.6 is 0 Å². The van der Waals surface area contributed by atoms with Gasteiger partial charge in [0, 0.05) is 24.2 Å². The van der Waals surface area contributed by atoms with Gasteiger partial charge in [0.1, 0.15) is 18.0 Å². The third-order valence-corrected chi connectivity index (χ3v) is 8.10. The van der Waals surface area contributed by atoms with Crippen LogP contribution in [0.1, 0.15) is 46.4 Å². The van der Waals surface area contributed by atoms with E-state index in [4.69, 9.17) is 9.47 Å². The van der Waals surface area contributed by atoms with Crippen LogP contribution in [0.15, 0.2) is 60.7 Å². The number of Topliss-reactive ketones (excluding diaryl/α,β-unsaturated/α-hetero) is 1. The van der Waals surface area contributed by atoms with Crippen molar-refractivity contribution in [2.45, 2.75) is 37.9 Å². The van der Waals surface area contributed by atoms with E-state index in [1.807, 2.05) is 12.1 Å². The summed E-state index contributed by atoms with van der Waals surface area (Å²) in [6.07, 6.45) is 2.39. The van der Waals surface area contributed by atoms with Crippen molar-refractivity contribution in [2.75, 3.05) is 0 Å². The fourth-order valence-electron chi connectivity index (χ4n) is 6.90. The van der Waals surface area contributed by atoms with Gasteiger partial charge >= 0.3 is 11.9 Å². The maximum atomic E-state index is 12.9. The second-order valence-corrected chi connectivity index (χ2v) is 9.45. The molecule has 0 aromatic heterocycles. The lowest BCUT2D eigenvalue weighted by Gasteiger charge is -2.36. The van der Waals surface area contributed by atoms with Crippen LogP contribution in [0.4, 0.5) is 0 Å². The average molecular weight is 416 g/mol. The molecule has 0 aliphatic heterocycles. The van der Waals surface area contributed by atoms with Crippen molar-refractivity contribution < 1.29 is 23.9 Å². The third-order valence-electron chi connectivity index (χ3n) is 8.10. The fourth-order valence-corrected chi connectivity index (χ4v) is 6.90. The van der Waals surface area contributed by atoms with Crippen LogP contribution in [0.3, 0.4) is 0 Å². The van der Waals surface area contributed by atoms with E-state index in [-0.39, 0.29) is 34.9 Å². The Labute approximate surface area is 180 Å². The number of hydrogen-bond donors (Lipinski definition) is 0. The summed E-state index contributed by atoms with van der Waals surface area (Å²) in [5.41, 5.74) is 0.939. The number of fused-ring (bicyclic) bond motifs is 3. The zero-order valence-corrected chi connectivity index (χ0v) is 17.1. The van der Waals surface area contributed by atoms with Gasteiger partial charge in [0.15, 0.2) is 0 Å². The van der Waals surface area contributed by atoms with Crippen molar-refractivity contribution in [1.82, 2.24) is 0 Å². The van der Waals surface area contributed by atoms with Crippen LogP contribution in [0.5, 0.6) is 0 Å². The molecule has 4 saturated carbocycles. The van der Waals surface area contributed by atoms with E-state index in [0.717, 1.165) is 19.3 Å². The van der Waals surface area contributed by atoms with Gasteiger partial charge in [-0.25, -0.2) is 9.59 Å². The lowest BCUT2D eigenvalue weighted by molar-refractivity contribution is -0.127. The largest absolute Gasteiger partial charge is 0.454 e. The molecule has 31 heavy (non-hydrogen) atoms. The molecule has 5 heteroatoms. The predicted octanol–water partition coefficient (Wildman–Crippen LogP) is 4.07. The molecule has 0 N–H and O–H groups in total. The number of esters is 2. The number of rotatable bonds is 4. The van der Waals surface area contributed by atoms with Crippen LogP contribution in [0.25, 0.3) is 0 Å². The van der Waals surface area contributed by atoms with Crippen molar-refractivity contribution in [3.8, 4) is 0 Å². The summed E-state index contributed by atoms with van der Waals surface area (Å²) in [6.45, 7) is 0. The highest BCUT2D eigenvalue weighted by atomic mass is 16.6. The second-order valence-electron chi connectivity index (χ2n) is 9.45. The molecule has 0 saturated heterocycles. The van der Waals surface area contributed by atoms with Gasteiger partial charge in [0.25, 0.3) is 0 Å². The number of hydrogen-bond acceptors (Lipinski definition) is 5. The predicted molar refractivity (Wildman–Crippen MR) is 111 cm³/mol. The highest BCUT2D eigenvalue weighted by molar-refractivity contribution is 5.91. The third kappa shape index (κ3) is 2.72.